The summed E-state index contributed by atoms with van der Waals surface area (Å²) in [7, 11) is -3.71. The van der Waals surface area contributed by atoms with E-state index >= 15 is 0 Å². The molecular weight excluding hydrogens is 278 g/mol. The van der Waals surface area contributed by atoms with E-state index in [-0.39, 0.29) is 11.3 Å². The molecule has 1 atom stereocenters. The summed E-state index contributed by atoms with van der Waals surface area (Å²) in [5.74, 6) is -1.04. The number of rotatable bonds is 5. The van der Waals surface area contributed by atoms with E-state index in [0.717, 1.165) is 10.8 Å². The van der Waals surface area contributed by atoms with Gasteiger partial charge in [0.25, 0.3) is 0 Å². The molecule has 6 heteroatoms. The second kappa shape index (κ2) is 5.60. The molecule has 0 amide bonds. The Morgan fingerprint density at radius 3 is 2.50 bits per heavy atom. The summed E-state index contributed by atoms with van der Waals surface area (Å²) in [6, 6.07) is 11.6. The third-order valence-electron chi connectivity index (χ3n) is 2.87. The van der Waals surface area contributed by atoms with Gasteiger partial charge in [0.1, 0.15) is 0 Å². The van der Waals surface area contributed by atoms with Crippen LogP contribution in [0.25, 0.3) is 10.8 Å². The highest BCUT2D eigenvalue weighted by Gasteiger charge is 2.19. The molecule has 0 saturated carbocycles. The molecule has 5 nitrogen and oxygen atoms in total. The Bertz CT molecular complexity index is 740. The standard InChI is InChI=1S/C14H15NO4S/c1-10(8-14(16)17)15-20(18,19)13-7-6-11-4-2-3-5-12(11)9-13/h2-7,9-10,15H,8H2,1H3,(H,16,17)/t10-/m0/s1. The van der Waals surface area contributed by atoms with Gasteiger partial charge in [0.05, 0.1) is 11.3 Å². The molecule has 0 saturated heterocycles. The van der Waals surface area contributed by atoms with Crippen LogP contribution < -0.4 is 4.72 Å². The number of benzene rings is 2. The maximum Gasteiger partial charge on any atom is 0.304 e. The molecule has 0 aromatic heterocycles. The number of fused-ring (bicyclic) bond motifs is 1. The van der Waals surface area contributed by atoms with Crippen molar-refractivity contribution in [3.8, 4) is 0 Å². The first kappa shape index (κ1) is 14.5. The van der Waals surface area contributed by atoms with Gasteiger partial charge in [0.2, 0.25) is 10.0 Å². The van der Waals surface area contributed by atoms with Crippen LogP contribution in [0.15, 0.2) is 47.4 Å². The summed E-state index contributed by atoms with van der Waals surface area (Å²) >= 11 is 0. The summed E-state index contributed by atoms with van der Waals surface area (Å²) in [5.41, 5.74) is 0. The number of nitrogens with one attached hydrogen (secondary N) is 1. The van der Waals surface area contributed by atoms with Crippen molar-refractivity contribution < 1.29 is 18.3 Å². The third kappa shape index (κ3) is 3.34. The molecule has 20 heavy (non-hydrogen) atoms. The predicted octanol–water partition coefficient (Wildman–Crippen LogP) is 1.98. The molecule has 0 aliphatic carbocycles. The van der Waals surface area contributed by atoms with Crippen LogP contribution in [-0.2, 0) is 14.8 Å². The fraction of sp³-hybridized carbons (Fsp3) is 0.214. The zero-order chi connectivity index (χ0) is 14.8. The van der Waals surface area contributed by atoms with Crippen molar-refractivity contribution in [2.75, 3.05) is 0 Å². The van der Waals surface area contributed by atoms with Gasteiger partial charge >= 0.3 is 5.97 Å². The Morgan fingerprint density at radius 2 is 1.85 bits per heavy atom. The van der Waals surface area contributed by atoms with Crippen LogP contribution in [0.1, 0.15) is 13.3 Å². The van der Waals surface area contributed by atoms with E-state index in [2.05, 4.69) is 4.72 Å². The van der Waals surface area contributed by atoms with E-state index in [1.807, 2.05) is 24.3 Å². The van der Waals surface area contributed by atoms with Crippen LogP contribution in [-0.4, -0.2) is 25.5 Å². The molecule has 0 bridgehead atoms. The number of hydrogen-bond donors (Lipinski definition) is 2. The first-order chi connectivity index (χ1) is 9.38. The largest absolute Gasteiger partial charge is 0.481 e. The zero-order valence-electron chi connectivity index (χ0n) is 10.9. The lowest BCUT2D eigenvalue weighted by Gasteiger charge is -2.12. The minimum absolute atomic E-state index is 0.133. The molecule has 0 unspecified atom stereocenters. The molecule has 0 spiro atoms. The van der Waals surface area contributed by atoms with E-state index in [9.17, 15) is 13.2 Å². The first-order valence-corrected chi connectivity index (χ1v) is 7.60. The average Bonchev–Trinajstić information content (AvgIpc) is 2.36. The second-order valence-corrected chi connectivity index (χ2v) is 6.34. The first-order valence-electron chi connectivity index (χ1n) is 6.11. The van der Waals surface area contributed by atoms with Crippen LogP contribution in [0.5, 0.6) is 0 Å². The van der Waals surface area contributed by atoms with Crippen molar-refractivity contribution >= 4 is 26.8 Å². The van der Waals surface area contributed by atoms with Crippen LogP contribution >= 0.6 is 0 Å². The number of carboxylic acid groups (broad SMARTS) is 1. The summed E-state index contributed by atoms with van der Waals surface area (Å²) in [6.07, 6.45) is -0.257. The second-order valence-electron chi connectivity index (χ2n) is 4.63. The van der Waals surface area contributed by atoms with Gasteiger partial charge in [0, 0.05) is 6.04 Å². The summed E-state index contributed by atoms with van der Waals surface area (Å²) in [5, 5.41) is 10.4. The molecule has 0 radical (unpaired) electrons. The molecule has 0 aliphatic rings. The van der Waals surface area contributed by atoms with Crippen LogP contribution in [0.4, 0.5) is 0 Å². The van der Waals surface area contributed by atoms with E-state index in [1.165, 1.54) is 13.0 Å². The maximum absolute atomic E-state index is 12.2. The minimum Gasteiger partial charge on any atom is -0.481 e. The number of carbonyl (C=O) groups is 1. The third-order valence-corrected chi connectivity index (χ3v) is 4.46. The number of aliphatic carboxylic acids is 1. The molecule has 2 N–H and O–H groups in total. The lowest BCUT2D eigenvalue weighted by Crippen LogP contribution is -2.34. The Hall–Kier alpha value is -1.92. The quantitative estimate of drug-likeness (QED) is 0.883. The van der Waals surface area contributed by atoms with Gasteiger partial charge < -0.3 is 5.11 Å². The SMILES string of the molecule is C[C@@H](CC(=O)O)NS(=O)(=O)c1ccc2ccccc2c1. The van der Waals surface area contributed by atoms with Crippen molar-refractivity contribution in [1.82, 2.24) is 4.72 Å². The summed E-state index contributed by atoms with van der Waals surface area (Å²) < 4.78 is 26.7. The normalized spacial score (nSPS) is 13.2. The predicted molar refractivity (Wildman–Crippen MR) is 76.0 cm³/mol. The van der Waals surface area contributed by atoms with Crippen molar-refractivity contribution in [2.45, 2.75) is 24.3 Å². The van der Waals surface area contributed by atoms with Crippen molar-refractivity contribution in [3.05, 3.63) is 42.5 Å². The highest BCUT2D eigenvalue weighted by atomic mass is 32.2. The van der Waals surface area contributed by atoms with E-state index in [0.29, 0.717) is 0 Å². The fourth-order valence-electron chi connectivity index (χ4n) is 1.97. The van der Waals surface area contributed by atoms with Crippen molar-refractivity contribution in [3.63, 3.8) is 0 Å². The molecule has 2 rings (SSSR count). The minimum atomic E-state index is -3.71. The molecule has 2 aromatic carbocycles. The number of sulfonamides is 1. The smallest absolute Gasteiger partial charge is 0.304 e. The highest BCUT2D eigenvalue weighted by molar-refractivity contribution is 7.89. The van der Waals surface area contributed by atoms with Gasteiger partial charge in [0.15, 0.2) is 0 Å². The van der Waals surface area contributed by atoms with Gasteiger partial charge in [-0.2, -0.15) is 0 Å². The van der Waals surface area contributed by atoms with E-state index in [4.69, 9.17) is 5.11 Å². The fourth-order valence-corrected chi connectivity index (χ4v) is 3.25. The topological polar surface area (TPSA) is 83.5 Å². The van der Waals surface area contributed by atoms with Crippen molar-refractivity contribution in [1.29, 1.82) is 0 Å². The van der Waals surface area contributed by atoms with Gasteiger partial charge in [-0.05, 0) is 29.8 Å². The van der Waals surface area contributed by atoms with Crippen LogP contribution in [0, 0.1) is 0 Å². The monoisotopic (exact) mass is 293 g/mol. The van der Waals surface area contributed by atoms with E-state index in [1.54, 1.807) is 12.1 Å². The Balaban J connectivity index is 2.29. The lowest BCUT2D eigenvalue weighted by atomic mass is 10.1. The Morgan fingerprint density at radius 1 is 1.20 bits per heavy atom. The Labute approximate surface area is 117 Å². The summed E-state index contributed by atoms with van der Waals surface area (Å²) in [6.45, 7) is 1.52. The molecule has 0 fully saturated rings. The summed E-state index contributed by atoms with van der Waals surface area (Å²) in [4.78, 5) is 10.7. The highest BCUT2D eigenvalue weighted by Crippen LogP contribution is 2.19. The van der Waals surface area contributed by atoms with E-state index < -0.39 is 22.0 Å². The molecule has 106 valence electrons. The van der Waals surface area contributed by atoms with Gasteiger partial charge in [-0.3, -0.25) is 4.79 Å². The van der Waals surface area contributed by atoms with Crippen LogP contribution in [0.2, 0.25) is 0 Å². The molecular formula is C14H15NO4S. The number of carboxylic acids is 1. The van der Waals surface area contributed by atoms with Gasteiger partial charge in [-0.25, -0.2) is 13.1 Å². The molecule has 0 heterocycles. The Kier molecular flexibility index (Phi) is 4.06. The van der Waals surface area contributed by atoms with Gasteiger partial charge in [-0.1, -0.05) is 30.3 Å². The number of hydrogen-bond acceptors (Lipinski definition) is 3. The van der Waals surface area contributed by atoms with Gasteiger partial charge in [-0.15, -0.1) is 0 Å². The average molecular weight is 293 g/mol. The molecule has 2 aromatic rings. The zero-order valence-corrected chi connectivity index (χ0v) is 11.7. The maximum atomic E-state index is 12.2. The van der Waals surface area contributed by atoms with Crippen molar-refractivity contribution in [2.24, 2.45) is 0 Å². The molecule has 0 aliphatic heterocycles. The van der Waals surface area contributed by atoms with Crippen LogP contribution in [0.3, 0.4) is 0 Å². The lowest BCUT2D eigenvalue weighted by molar-refractivity contribution is -0.137.